The fourth-order valence-corrected chi connectivity index (χ4v) is 5.17. The molecular weight excluding hydrogens is 272 g/mol. The molecule has 2 aliphatic carbocycles. The van der Waals surface area contributed by atoms with Crippen LogP contribution in [0.5, 0.6) is 0 Å². The molecule has 0 radical (unpaired) electrons. The minimum Gasteiger partial charge on any atom is -0.342 e. The van der Waals surface area contributed by atoms with Crippen molar-refractivity contribution in [3.63, 3.8) is 0 Å². The quantitative estimate of drug-likeness (QED) is 0.795. The van der Waals surface area contributed by atoms with Gasteiger partial charge in [-0.3, -0.25) is 4.79 Å². The highest BCUT2D eigenvalue weighted by Crippen LogP contribution is 2.42. The maximum absolute atomic E-state index is 13.2. The Balaban J connectivity index is 1.37. The summed E-state index contributed by atoms with van der Waals surface area (Å²) < 4.78 is 0. The third kappa shape index (κ3) is 3.06. The van der Waals surface area contributed by atoms with E-state index in [1.54, 1.807) is 0 Å². The lowest BCUT2D eigenvalue weighted by atomic mass is 9.77. The Morgan fingerprint density at radius 3 is 2.41 bits per heavy atom. The maximum atomic E-state index is 13.2. The Labute approximate surface area is 135 Å². The van der Waals surface area contributed by atoms with E-state index in [4.69, 9.17) is 0 Å². The van der Waals surface area contributed by atoms with Gasteiger partial charge < -0.3 is 9.80 Å². The van der Waals surface area contributed by atoms with Crippen molar-refractivity contribution in [2.24, 2.45) is 17.3 Å². The second-order valence-electron chi connectivity index (χ2n) is 8.57. The van der Waals surface area contributed by atoms with Gasteiger partial charge in [0, 0.05) is 26.2 Å². The Hall–Kier alpha value is -0.570. The average molecular weight is 304 g/mol. The van der Waals surface area contributed by atoms with Gasteiger partial charge in [-0.15, -0.1) is 0 Å². The molecule has 0 aromatic carbocycles. The fraction of sp³-hybridized carbons (Fsp3) is 0.947. The molecule has 3 heteroatoms. The molecule has 22 heavy (non-hydrogen) atoms. The molecule has 2 heterocycles. The number of carbonyl (C=O) groups is 1. The second kappa shape index (κ2) is 6.14. The number of hydrogen-bond acceptors (Lipinski definition) is 2. The van der Waals surface area contributed by atoms with E-state index in [-0.39, 0.29) is 5.41 Å². The molecule has 0 N–H and O–H groups in total. The van der Waals surface area contributed by atoms with Crippen LogP contribution in [-0.4, -0.2) is 48.4 Å². The van der Waals surface area contributed by atoms with Crippen molar-refractivity contribution in [1.29, 1.82) is 0 Å². The second-order valence-corrected chi connectivity index (χ2v) is 8.57. The molecule has 0 aromatic heterocycles. The molecule has 2 aliphatic heterocycles. The Kier molecular flexibility index (Phi) is 4.19. The zero-order valence-electron chi connectivity index (χ0n) is 14.1. The standard InChI is InChI=1S/C19H32N2O/c22-18-19(10-12-20(15-19)13-17-7-8-17)9-4-11-21(18)14-16-5-2-1-3-6-16/h16-17H,1-15H2. The molecule has 4 fully saturated rings. The number of carbonyl (C=O) groups excluding carboxylic acids is 1. The van der Waals surface area contributed by atoms with Crippen LogP contribution in [0.2, 0.25) is 0 Å². The monoisotopic (exact) mass is 304 g/mol. The Bertz CT molecular complexity index is 414. The van der Waals surface area contributed by atoms with E-state index in [0.717, 1.165) is 44.3 Å². The third-order valence-corrected chi connectivity index (χ3v) is 6.67. The predicted octanol–water partition coefficient (Wildman–Crippen LogP) is 3.29. The Morgan fingerprint density at radius 1 is 0.864 bits per heavy atom. The summed E-state index contributed by atoms with van der Waals surface area (Å²) in [7, 11) is 0. The summed E-state index contributed by atoms with van der Waals surface area (Å²) in [6, 6.07) is 0. The van der Waals surface area contributed by atoms with Crippen LogP contribution in [0.25, 0.3) is 0 Å². The van der Waals surface area contributed by atoms with Crippen molar-refractivity contribution in [3.8, 4) is 0 Å². The lowest BCUT2D eigenvalue weighted by Crippen LogP contribution is -2.51. The van der Waals surface area contributed by atoms with Gasteiger partial charge in [-0.2, -0.15) is 0 Å². The topological polar surface area (TPSA) is 23.6 Å². The van der Waals surface area contributed by atoms with Crippen molar-refractivity contribution in [2.75, 3.05) is 32.7 Å². The highest BCUT2D eigenvalue weighted by atomic mass is 16.2. The van der Waals surface area contributed by atoms with Gasteiger partial charge in [0.15, 0.2) is 0 Å². The molecule has 2 saturated heterocycles. The molecule has 3 nitrogen and oxygen atoms in total. The largest absolute Gasteiger partial charge is 0.342 e. The van der Waals surface area contributed by atoms with Crippen LogP contribution < -0.4 is 0 Å². The first-order valence-corrected chi connectivity index (χ1v) is 9.77. The molecule has 1 spiro atoms. The summed E-state index contributed by atoms with van der Waals surface area (Å²) in [5, 5.41) is 0. The number of rotatable bonds is 4. The number of nitrogens with zero attached hydrogens (tertiary/aromatic N) is 2. The first-order chi connectivity index (χ1) is 10.8. The average Bonchev–Trinajstić information content (AvgIpc) is 3.26. The van der Waals surface area contributed by atoms with Crippen LogP contribution in [0, 0.1) is 17.3 Å². The van der Waals surface area contributed by atoms with E-state index >= 15 is 0 Å². The smallest absolute Gasteiger partial charge is 0.230 e. The number of hydrogen-bond donors (Lipinski definition) is 0. The van der Waals surface area contributed by atoms with Crippen molar-refractivity contribution < 1.29 is 4.79 Å². The number of amides is 1. The fourth-order valence-electron chi connectivity index (χ4n) is 5.17. The third-order valence-electron chi connectivity index (χ3n) is 6.67. The van der Waals surface area contributed by atoms with Gasteiger partial charge in [-0.25, -0.2) is 0 Å². The van der Waals surface area contributed by atoms with E-state index in [2.05, 4.69) is 9.80 Å². The van der Waals surface area contributed by atoms with Crippen molar-refractivity contribution in [3.05, 3.63) is 0 Å². The maximum Gasteiger partial charge on any atom is 0.230 e. The molecular formula is C19H32N2O. The molecule has 1 amide bonds. The summed E-state index contributed by atoms with van der Waals surface area (Å²) >= 11 is 0. The SMILES string of the molecule is O=C1N(CC2CCCCC2)CCCC12CCN(CC1CC1)C2. The number of likely N-dealkylation sites (tertiary alicyclic amines) is 2. The van der Waals surface area contributed by atoms with Crippen LogP contribution in [0.15, 0.2) is 0 Å². The highest BCUT2D eigenvalue weighted by molar-refractivity contribution is 5.84. The first-order valence-electron chi connectivity index (χ1n) is 9.77. The normalized spacial score (nSPS) is 34.7. The molecule has 4 aliphatic rings. The highest BCUT2D eigenvalue weighted by Gasteiger charge is 2.48. The van der Waals surface area contributed by atoms with Crippen molar-refractivity contribution in [2.45, 2.75) is 64.2 Å². The van der Waals surface area contributed by atoms with Gasteiger partial charge in [0.25, 0.3) is 0 Å². The molecule has 1 atom stereocenters. The molecule has 0 bridgehead atoms. The van der Waals surface area contributed by atoms with Crippen molar-refractivity contribution in [1.82, 2.24) is 9.80 Å². The lowest BCUT2D eigenvalue weighted by Gasteiger charge is -2.41. The van der Waals surface area contributed by atoms with Crippen LogP contribution in [0.1, 0.15) is 64.2 Å². The van der Waals surface area contributed by atoms with E-state index < -0.39 is 0 Å². The van der Waals surface area contributed by atoms with Gasteiger partial charge in [0.1, 0.15) is 0 Å². The van der Waals surface area contributed by atoms with Gasteiger partial charge >= 0.3 is 0 Å². The zero-order valence-corrected chi connectivity index (χ0v) is 14.1. The molecule has 0 aromatic rings. The van der Waals surface area contributed by atoms with Crippen molar-refractivity contribution >= 4 is 5.91 Å². The van der Waals surface area contributed by atoms with E-state index in [0.29, 0.717) is 5.91 Å². The van der Waals surface area contributed by atoms with E-state index in [1.165, 1.54) is 64.5 Å². The summed E-state index contributed by atoms with van der Waals surface area (Å²) in [6.07, 6.45) is 13.2. The van der Waals surface area contributed by atoms with Crippen LogP contribution >= 0.6 is 0 Å². The Morgan fingerprint density at radius 2 is 1.64 bits per heavy atom. The minimum atomic E-state index is 0.00179. The molecule has 1 unspecified atom stereocenters. The van der Waals surface area contributed by atoms with Gasteiger partial charge in [0.2, 0.25) is 5.91 Å². The van der Waals surface area contributed by atoms with Gasteiger partial charge in [-0.05, 0) is 63.3 Å². The summed E-state index contributed by atoms with van der Waals surface area (Å²) in [5.41, 5.74) is 0.00179. The summed E-state index contributed by atoms with van der Waals surface area (Å²) in [6.45, 7) is 5.57. The van der Waals surface area contributed by atoms with Crippen LogP contribution in [0.3, 0.4) is 0 Å². The summed E-state index contributed by atoms with van der Waals surface area (Å²) in [4.78, 5) is 18.0. The zero-order chi connectivity index (χ0) is 15.0. The van der Waals surface area contributed by atoms with Gasteiger partial charge in [-0.1, -0.05) is 19.3 Å². The lowest BCUT2D eigenvalue weighted by molar-refractivity contribution is -0.146. The van der Waals surface area contributed by atoms with Crippen LogP contribution in [-0.2, 0) is 4.79 Å². The van der Waals surface area contributed by atoms with Crippen LogP contribution in [0.4, 0.5) is 0 Å². The van der Waals surface area contributed by atoms with Gasteiger partial charge in [0.05, 0.1) is 5.41 Å². The first kappa shape index (κ1) is 15.0. The molecule has 2 saturated carbocycles. The summed E-state index contributed by atoms with van der Waals surface area (Å²) in [5.74, 6) is 2.26. The van der Waals surface area contributed by atoms with E-state index in [1.807, 2.05) is 0 Å². The predicted molar refractivity (Wildman–Crippen MR) is 88.6 cm³/mol. The molecule has 4 rings (SSSR count). The van der Waals surface area contributed by atoms with E-state index in [9.17, 15) is 4.79 Å². The number of piperidine rings is 1. The minimum absolute atomic E-state index is 0.00179. The molecule has 124 valence electrons.